The second-order valence-electron chi connectivity index (χ2n) is 11.6. The fourth-order valence-corrected chi connectivity index (χ4v) is 7.65. The first-order valence-corrected chi connectivity index (χ1v) is 12.4. The molecule has 4 aliphatic rings. The van der Waals surface area contributed by atoms with E-state index in [-0.39, 0.29) is 23.0 Å². The fourth-order valence-electron chi connectivity index (χ4n) is 7.65. The van der Waals surface area contributed by atoms with E-state index in [2.05, 4.69) is 13.8 Å². The molecule has 1 aromatic rings. The van der Waals surface area contributed by atoms with E-state index in [1.165, 1.54) is 6.92 Å². The van der Waals surface area contributed by atoms with Gasteiger partial charge in [-0.2, -0.15) is 0 Å². The molecule has 0 heterocycles. The van der Waals surface area contributed by atoms with Gasteiger partial charge in [-0.05, 0) is 66.7 Å². The number of fused-ring (bicyclic) bond motifs is 3. The molecular weight excluding hydrogens is 444 g/mol. The van der Waals surface area contributed by atoms with E-state index in [0.29, 0.717) is 22.6 Å². The predicted octanol–water partition coefficient (Wildman–Crippen LogP) is 4.28. The van der Waals surface area contributed by atoms with Crippen molar-refractivity contribution in [1.82, 2.24) is 0 Å². The van der Waals surface area contributed by atoms with E-state index >= 15 is 0 Å². The van der Waals surface area contributed by atoms with Crippen LogP contribution in [0.5, 0.6) is 0 Å². The summed E-state index contributed by atoms with van der Waals surface area (Å²) < 4.78 is 11.7. The van der Waals surface area contributed by atoms with Crippen LogP contribution in [0, 0.1) is 34.5 Å². The van der Waals surface area contributed by atoms with Crippen LogP contribution in [0.15, 0.2) is 53.6 Å². The Hall–Kier alpha value is -2.73. The van der Waals surface area contributed by atoms with Crippen molar-refractivity contribution in [3.63, 3.8) is 0 Å². The lowest BCUT2D eigenvalue weighted by atomic mass is 9.59. The van der Waals surface area contributed by atoms with Crippen molar-refractivity contribution in [3.8, 4) is 0 Å². The van der Waals surface area contributed by atoms with Gasteiger partial charge in [0.2, 0.25) is 0 Å². The smallest absolute Gasteiger partial charge is 0.338 e. The van der Waals surface area contributed by atoms with Crippen LogP contribution in [0.2, 0.25) is 0 Å². The van der Waals surface area contributed by atoms with Crippen molar-refractivity contribution in [2.45, 2.75) is 65.8 Å². The SMILES string of the molecule is CC(=O)O[C@H]1C(C)=C[C@]23C(=O)[C@H](C=C(C)[C@@H](OC(=O)c4ccccc4)[C@]12O)[C@H]1[C@@H](C[C@H]3C)C1(C)C. The molecule has 2 bridgehead atoms. The van der Waals surface area contributed by atoms with Crippen molar-refractivity contribution in [3.05, 3.63) is 59.2 Å². The molecule has 8 atom stereocenters. The summed E-state index contributed by atoms with van der Waals surface area (Å²) in [4.78, 5) is 39.9. The van der Waals surface area contributed by atoms with Crippen LogP contribution in [0.1, 0.15) is 58.3 Å². The third kappa shape index (κ3) is 3.08. The number of hydrogen-bond donors (Lipinski definition) is 1. The number of carbonyl (C=O) groups is 3. The molecule has 0 aliphatic heterocycles. The Morgan fingerprint density at radius 3 is 2.29 bits per heavy atom. The lowest BCUT2D eigenvalue weighted by Crippen LogP contribution is -2.66. The van der Waals surface area contributed by atoms with Gasteiger partial charge in [0.15, 0.2) is 23.6 Å². The monoisotopic (exact) mass is 478 g/mol. The summed E-state index contributed by atoms with van der Waals surface area (Å²) in [5, 5.41) is 12.7. The van der Waals surface area contributed by atoms with Crippen LogP contribution < -0.4 is 0 Å². The maximum atomic E-state index is 14.5. The maximum absolute atomic E-state index is 14.5. The number of esters is 2. The lowest BCUT2D eigenvalue weighted by molar-refractivity contribution is -0.202. The summed E-state index contributed by atoms with van der Waals surface area (Å²) in [5.74, 6) is -1.39. The van der Waals surface area contributed by atoms with E-state index < -0.39 is 41.1 Å². The van der Waals surface area contributed by atoms with E-state index in [0.717, 1.165) is 6.42 Å². The second-order valence-corrected chi connectivity index (χ2v) is 11.6. The van der Waals surface area contributed by atoms with Crippen LogP contribution >= 0.6 is 0 Å². The van der Waals surface area contributed by atoms with Crippen molar-refractivity contribution in [1.29, 1.82) is 0 Å². The van der Waals surface area contributed by atoms with E-state index in [9.17, 15) is 19.5 Å². The highest BCUT2D eigenvalue weighted by molar-refractivity contribution is 5.96. The second kappa shape index (κ2) is 7.63. The van der Waals surface area contributed by atoms with Gasteiger partial charge in [0.1, 0.15) is 0 Å². The third-order valence-corrected chi connectivity index (χ3v) is 9.33. The number of hydrogen-bond acceptors (Lipinski definition) is 6. The Kier molecular flexibility index (Phi) is 5.23. The molecule has 0 unspecified atom stereocenters. The van der Waals surface area contributed by atoms with Gasteiger partial charge >= 0.3 is 11.9 Å². The highest BCUT2D eigenvalue weighted by Crippen LogP contribution is 2.71. The molecule has 1 aromatic carbocycles. The molecule has 5 rings (SSSR count). The topological polar surface area (TPSA) is 89.9 Å². The van der Waals surface area contributed by atoms with Gasteiger partial charge in [0.25, 0.3) is 0 Å². The number of allylic oxidation sites excluding steroid dienone is 1. The minimum Gasteiger partial charge on any atom is -0.455 e. The number of ether oxygens (including phenoxy) is 2. The maximum Gasteiger partial charge on any atom is 0.338 e. The predicted molar refractivity (Wildman–Crippen MR) is 129 cm³/mol. The number of Topliss-reactive ketones (excluding diaryl/α,β-unsaturated/α-hetero) is 1. The standard InChI is InChI=1S/C29H34O6/c1-15-12-20-22-21(27(22,5)6)13-17(3)28(23(20)31)14-16(2)25(34-18(4)30)29(28,33)24(15)35-26(32)19-10-8-7-9-11-19/h7-12,14,17,20-22,24-25,33H,13H2,1-6H3/t17-,20-,21-,22+,24-,25+,28+,29+/m1/s1. The zero-order chi connectivity index (χ0) is 25.5. The summed E-state index contributed by atoms with van der Waals surface area (Å²) in [6.07, 6.45) is 2.20. The molecule has 6 heteroatoms. The van der Waals surface area contributed by atoms with Gasteiger partial charge in [0.05, 0.1) is 11.0 Å². The lowest BCUT2D eigenvalue weighted by Gasteiger charge is -2.49. The minimum absolute atomic E-state index is 0.0122. The molecule has 0 aromatic heterocycles. The highest BCUT2D eigenvalue weighted by atomic mass is 16.6. The largest absolute Gasteiger partial charge is 0.455 e. The van der Waals surface area contributed by atoms with Gasteiger partial charge in [-0.25, -0.2) is 4.79 Å². The van der Waals surface area contributed by atoms with Crippen LogP contribution in [-0.4, -0.2) is 40.6 Å². The average molecular weight is 479 g/mol. The van der Waals surface area contributed by atoms with Crippen LogP contribution in [0.4, 0.5) is 0 Å². The van der Waals surface area contributed by atoms with E-state index in [1.807, 2.05) is 19.1 Å². The zero-order valence-electron chi connectivity index (χ0n) is 21.2. The summed E-state index contributed by atoms with van der Waals surface area (Å²) in [7, 11) is 0. The fraction of sp³-hybridized carbons (Fsp3) is 0.552. The Balaban J connectivity index is 1.71. The Morgan fingerprint density at radius 2 is 1.66 bits per heavy atom. The number of aliphatic hydroxyl groups is 1. The zero-order valence-corrected chi connectivity index (χ0v) is 21.2. The number of carbonyl (C=O) groups excluding carboxylic acids is 3. The van der Waals surface area contributed by atoms with Gasteiger partial charge in [-0.1, -0.05) is 51.1 Å². The number of rotatable bonds is 3. The quantitative estimate of drug-likeness (QED) is 0.515. The molecule has 35 heavy (non-hydrogen) atoms. The summed E-state index contributed by atoms with van der Waals surface area (Å²) in [5.41, 5.74) is -1.74. The number of benzene rings is 1. The third-order valence-electron chi connectivity index (χ3n) is 9.33. The molecule has 0 radical (unpaired) electrons. The van der Waals surface area contributed by atoms with Crippen LogP contribution in [0.3, 0.4) is 0 Å². The van der Waals surface area contributed by atoms with Gasteiger partial charge in [-0.3, -0.25) is 9.59 Å². The molecule has 6 nitrogen and oxygen atoms in total. The van der Waals surface area contributed by atoms with Crippen molar-refractivity contribution in [2.24, 2.45) is 34.5 Å². The van der Waals surface area contributed by atoms with Gasteiger partial charge < -0.3 is 14.6 Å². The highest BCUT2D eigenvalue weighted by Gasteiger charge is 2.77. The average Bonchev–Trinajstić information content (AvgIpc) is 3.29. The first-order chi connectivity index (χ1) is 16.4. The van der Waals surface area contributed by atoms with Crippen molar-refractivity contribution in [2.75, 3.05) is 0 Å². The molecule has 186 valence electrons. The Morgan fingerprint density at radius 1 is 1.03 bits per heavy atom. The normalized spacial score (nSPS) is 40.8. The van der Waals surface area contributed by atoms with E-state index in [1.54, 1.807) is 44.2 Å². The molecule has 2 saturated carbocycles. The molecule has 2 fully saturated rings. The van der Waals surface area contributed by atoms with E-state index in [4.69, 9.17) is 9.47 Å². The summed E-state index contributed by atoms with van der Waals surface area (Å²) in [6, 6.07) is 8.58. The first kappa shape index (κ1) is 24.0. The molecule has 4 aliphatic carbocycles. The summed E-state index contributed by atoms with van der Waals surface area (Å²) >= 11 is 0. The van der Waals surface area contributed by atoms with Gasteiger partial charge in [-0.15, -0.1) is 0 Å². The van der Waals surface area contributed by atoms with Crippen molar-refractivity contribution >= 4 is 17.7 Å². The molecule has 1 spiro atoms. The Bertz CT molecular complexity index is 1160. The molecule has 0 amide bonds. The molecular formula is C29H34O6. The Labute approximate surface area is 206 Å². The van der Waals surface area contributed by atoms with Crippen molar-refractivity contribution < 1.29 is 29.0 Å². The first-order valence-electron chi connectivity index (χ1n) is 12.4. The van der Waals surface area contributed by atoms with Crippen LogP contribution in [-0.2, 0) is 19.1 Å². The van der Waals surface area contributed by atoms with Gasteiger partial charge in [0, 0.05) is 12.8 Å². The molecule has 1 N–H and O–H groups in total. The number of ketones is 1. The minimum atomic E-state index is -1.96. The molecule has 0 saturated heterocycles. The van der Waals surface area contributed by atoms with Crippen LogP contribution in [0.25, 0.3) is 0 Å². The summed E-state index contributed by atoms with van der Waals surface area (Å²) in [6.45, 7) is 11.2.